The molecule has 0 radical (unpaired) electrons. The molecule has 0 amide bonds. The Kier molecular flexibility index (Phi) is 3.30. The summed E-state index contributed by atoms with van der Waals surface area (Å²) in [7, 11) is 1.53. The SMILES string of the molecule is c1csc(P[PH2+]c2cccs2)c1. The van der Waals surface area contributed by atoms with Crippen molar-refractivity contribution >= 4 is 48.4 Å². The summed E-state index contributed by atoms with van der Waals surface area (Å²) in [6.07, 6.45) is 0. The molecule has 0 aliphatic carbocycles. The Balaban J connectivity index is 1.91. The lowest BCUT2D eigenvalue weighted by atomic mass is 10.7. The van der Waals surface area contributed by atoms with Crippen molar-refractivity contribution in [2.75, 3.05) is 0 Å². The highest BCUT2D eigenvalue weighted by Gasteiger charge is 2.03. The van der Waals surface area contributed by atoms with E-state index in [1.54, 1.807) is 9.24 Å². The molecular formula is C8H9P2S2+. The van der Waals surface area contributed by atoms with Crippen molar-refractivity contribution in [2.45, 2.75) is 0 Å². The maximum Gasteiger partial charge on any atom is 0.144 e. The van der Waals surface area contributed by atoms with E-state index in [0.717, 1.165) is 8.27 Å². The lowest BCUT2D eigenvalue weighted by molar-refractivity contribution is 2.07. The largest absolute Gasteiger partial charge is 0.144 e. The molecule has 0 saturated carbocycles. The second-order valence-electron chi connectivity index (χ2n) is 2.28. The predicted molar refractivity (Wildman–Crippen MR) is 65.9 cm³/mol. The summed E-state index contributed by atoms with van der Waals surface area (Å²) in [5.41, 5.74) is 0. The summed E-state index contributed by atoms with van der Waals surface area (Å²) in [5.74, 6) is 0. The van der Waals surface area contributed by atoms with E-state index in [2.05, 4.69) is 35.0 Å². The Bertz CT molecular complexity index is 278. The summed E-state index contributed by atoms with van der Waals surface area (Å²) < 4.78 is 3.14. The fourth-order valence-corrected chi connectivity index (χ4v) is 7.19. The van der Waals surface area contributed by atoms with Crippen LogP contribution in [0.3, 0.4) is 0 Å². The third-order valence-corrected chi connectivity index (χ3v) is 8.90. The quantitative estimate of drug-likeness (QED) is 0.712. The topological polar surface area (TPSA) is 0 Å². The minimum atomic E-state index is 0.499. The smallest absolute Gasteiger partial charge is 0.141 e. The monoisotopic (exact) mass is 231 g/mol. The molecule has 2 aromatic rings. The highest BCUT2D eigenvalue weighted by atomic mass is 32.1. The van der Waals surface area contributed by atoms with Gasteiger partial charge in [-0.05, 0) is 29.0 Å². The first-order valence-corrected chi connectivity index (χ1v) is 8.76. The standard InChI is InChI=1S/C8H8P2S2/c1-3-7(11-5-1)9-10-8-4-2-6-12-8/h1-6,9-10H/p+1. The van der Waals surface area contributed by atoms with E-state index in [-0.39, 0.29) is 0 Å². The van der Waals surface area contributed by atoms with Gasteiger partial charge in [0.2, 0.25) is 0 Å². The van der Waals surface area contributed by atoms with Gasteiger partial charge in [-0.1, -0.05) is 6.07 Å². The van der Waals surface area contributed by atoms with Crippen molar-refractivity contribution in [2.24, 2.45) is 0 Å². The van der Waals surface area contributed by atoms with Crippen LogP contribution in [0.15, 0.2) is 35.0 Å². The van der Waals surface area contributed by atoms with Crippen LogP contribution in [0.2, 0.25) is 0 Å². The first kappa shape index (κ1) is 8.84. The van der Waals surface area contributed by atoms with Gasteiger partial charge in [-0.25, -0.2) is 0 Å². The Hall–Kier alpha value is 0.260. The van der Waals surface area contributed by atoms with Gasteiger partial charge in [-0.3, -0.25) is 0 Å². The molecule has 0 spiro atoms. The highest BCUT2D eigenvalue weighted by molar-refractivity contribution is 8.21. The molecule has 0 nitrogen and oxygen atoms in total. The maximum absolute atomic E-state index is 2.25. The molecule has 12 heavy (non-hydrogen) atoms. The molecule has 0 aliphatic heterocycles. The molecule has 0 aromatic carbocycles. The van der Waals surface area contributed by atoms with Crippen LogP contribution in [-0.4, -0.2) is 0 Å². The van der Waals surface area contributed by atoms with E-state index < -0.39 is 0 Å². The summed E-state index contributed by atoms with van der Waals surface area (Å²) in [6, 6.07) is 8.77. The van der Waals surface area contributed by atoms with Crippen molar-refractivity contribution in [3.63, 3.8) is 0 Å². The first-order chi connectivity index (χ1) is 5.95. The Labute approximate surface area is 83.5 Å². The van der Waals surface area contributed by atoms with E-state index >= 15 is 0 Å². The lowest BCUT2D eigenvalue weighted by Crippen LogP contribution is -1.82. The van der Waals surface area contributed by atoms with Crippen LogP contribution in [-0.2, 0) is 0 Å². The van der Waals surface area contributed by atoms with Crippen molar-refractivity contribution in [1.82, 2.24) is 0 Å². The van der Waals surface area contributed by atoms with Gasteiger partial charge >= 0.3 is 0 Å². The summed E-state index contributed by atoms with van der Waals surface area (Å²) in [4.78, 5) is 0. The van der Waals surface area contributed by atoms with Crippen LogP contribution < -0.4 is 9.24 Å². The van der Waals surface area contributed by atoms with Crippen molar-refractivity contribution in [1.29, 1.82) is 0 Å². The molecule has 62 valence electrons. The molecule has 2 rings (SSSR count). The Morgan fingerprint density at radius 2 is 1.92 bits per heavy atom. The van der Waals surface area contributed by atoms with Crippen molar-refractivity contribution in [3.8, 4) is 0 Å². The van der Waals surface area contributed by atoms with E-state index in [4.69, 9.17) is 0 Å². The highest BCUT2D eigenvalue weighted by Crippen LogP contribution is 2.37. The third-order valence-electron chi connectivity index (χ3n) is 1.42. The molecule has 2 unspecified atom stereocenters. The van der Waals surface area contributed by atoms with Crippen molar-refractivity contribution < 1.29 is 0 Å². The average molecular weight is 231 g/mol. The number of rotatable bonds is 3. The second-order valence-corrected chi connectivity index (χ2v) is 8.46. The average Bonchev–Trinajstić information content (AvgIpc) is 2.74. The van der Waals surface area contributed by atoms with Gasteiger partial charge in [-0.2, -0.15) is 0 Å². The number of thiophene rings is 2. The summed E-state index contributed by atoms with van der Waals surface area (Å²) in [6.45, 7) is 0. The molecule has 2 aromatic heterocycles. The van der Waals surface area contributed by atoms with Crippen LogP contribution in [0.1, 0.15) is 0 Å². The molecule has 0 N–H and O–H groups in total. The fraction of sp³-hybridized carbons (Fsp3) is 0. The molecular weight excluding hydrogens is 222 g/mol. The predicted octanol–water partition coefficient (Wildman–Crippen LogP) is 2.76. The Morgan fingerprint density at radius 1 is 1.08 bits per heavy atom. The molecule has 0 aliphatic rings. The van der Waals surface area contributed by atoms with Crippen LogP contribution in [0.25, 0.3) is 0 Å². The molecule has 4 heteroatoms. The molecule has 2 heterocycles. The number of hydrogen-bond acceptors (Lipinski definition) is 2. The summed E-state index contributed by atoms with van der Waals surface area (Å²) >= 11 is 3.78. The zero-order valence-corrected chi connectivity index (χ0v) is 10.1. The zero-order valence-electron chi connectivity index (χ0n) is 6.36. The van der Waals surface area contributed by atoms with Gasteiger partial charge in [0.05, 0.1) is 21.2 Å². The van der Waals surface area contributed by atoms with Gasteiger partial charge in [0.15, 0.2) is 0 Å². The minimum absolute atomic E-state index is 0.499. The molecule has 0 bridgehead atoms. The van der Waals surface area contributed by atoms with Gasteiger partial charge in [-0.15, -0.1) is 22.7 Å². The van der Waals surface area contributed by atoms with E-state index in [0.29, 0.717) is 8.27 Å². The lowest BCUT2D eigenvalue weighted by Gasteiger charge is -1.85. The third kappa shape index (κ3) is 2.37. The number of hydrogen-bond donors (Lipinski definition) is 0. The normalized spacial score (nSPS) is 12.3. The molecule has 0 fully saturated rings. The molecule has 2 atom stereocenters. The van der Waals surface area contributed by atoms with Crippen molar-refractivity contribution in [3.05, 3.63) is 35.0 Å². The van der Waals surface area contributed by atoms with Crippen LogP contribution in [0.4, 0.5) is 0 Å². The summed E-state index contributed by atoms with van der Waals surface area (Å²) in [5, 5.41) is 4.33. The van der Waals surface area contributed by atoms with Gasteiger partial charge < -0.3 is 0 Å². The van der Waals surface area contributed by atoms with E-state index in [1.807, 2.05) is 22.7 Å². The first-order valence-electron chi connectivity index (χ1n) is 3.62. The van der Waals surface area contributed by atoms with Crippen LogP contribution >= 0.6 is 39.2 Å². The minimum Gasteiger partial charge on any atom is -0.141 e. The van der Waals surface area contributed by atoms with Crippen LogP contribution in [0, 0.1) is 0 Å². The second kappa shape index (κ2) is 4.48. The van der Waals surface area contributed by atoms with E-state index in [9.17, 15) is 0 Å². The van der Waals surface area contributed by atoms with Gasteiger partial charge in [0, 0.05) is 0 Å². The van der Waals surface area contributed by atoms with Gasteiger partial charge in [0.1, 0.15) is 4.62 Å². The zero-order chi connectivity index (χ0) is 8.23. The van der Waals surface area contributed by atoms with Gasteiger partial charge in [0.25, 0.3) is 0 Å². The fourth-order valence-electron chi connectivity index (χ4n) is 0.876. The van der Waals surface area contributed by atoms with Crippen LogP contribution in [0.5, 0.6) is 0 Å². The Morgan fingerprint density at radius 3 is 2.58 bits per heavy atom. The van der Waals surface area contributed by atoms with E-state index in [1.165, 1.54) is 0 Å². The maximum atomic E-state index is 2.25. The molecule has 0 saturated heterocycles.